The van der Waals surface area contributed by atoms with E-state index in [-0.39, 0.29) is 0 Å². The Labute approximate surface area is 72.8 Å². The van der Waals surface area contributed by atoms with Gasteiger partial charge >= 0.3 is 0 Å². The van der Waals surface area contributed by atoms with Gasteiger partial charge < -0.3 is 11.1 Å². The number of hydrogen-bond acceptors (Lipinski definition) is 2. The van der Waals surface area contributed by atoms with Crippen LogP contribution in [0.15, 0.2) is 18.2 Å². The Bertz CT molecular complexity index is 281. The van der Waals surface area contributed by atoms with Crippen LogP contribution < -0.4 is 11.1 Å². The highest BCUT2D eigenvalue weighted by Crippen LogP contribution is 2.19. The van der Waals surface area contributed by atoms with Gasteiger partial charge in [-0.2, -0.15) is 0 Å². The fourth-order valence-electron chi connectivity index (χ4n) is 1.79. The lowest BCUT2D eigenvalue weighted by molar-refractivity contribution is 0.761. The minimum atomic E-state index is 0.746. The molecule has 2 nitrogen and oxygen atoms in total. The number of fused-ring (bicyclic) bond motifs is 1. The molecule has 64 valence electrons. The van der Waals surface area contributed by atoms with Gasteiger partial charge in [-0.05, 0) is 29.7 Å². The first-order valence-electron chi connectivity index (χ1n) is 4.42. The highest BCUT2D eigenvalue weighted by Gasteiger charge is 2.12. The van der Waals surface area contributed by atoms with Crippen LogP contribution in [-0.4, -0.2) is 6.54 Å². The van der Waals surface area contributed by atoms with Crippen molar-refractivity contribution >= 4 is 0 Å². The largest absolute Gasteiger partial charge is 0.330 e. The third-order valence-corrected chi connectivity index (χ3v) is 2.40. The van der Waals surface area contributed by atoms with Gasteiger partial charge in [-0.3, -0.25) is 0 Å². The zero-order valence-electron chi connectivity index (χ0n) is 7.14. The summed E-state index contributed by atoms with van der Waals surface area (Å²) in [5.41, 5.74) is 9.87. The summed E-state index contributed by atoms with van der Waals surface area (Å²) in [5, 5.41) is 3.35. The zero-order valence-corrected chi connectivity index (χ0v) is 7.14. The molecule has 0 radical (unpaired) electrons. The molecule has 1 aromatic carbocycles. The smallest absolute Gasteiger partial charge is 0.0214 e. The molecule has 0 bridgehead atoms. The molecule has 0 amide bonds. The second-order valence-electron chi connectivity index (χ2n) is 3.20. The summed E-state index contributed by atoms with van der Waals surface area (Å²) in [6.45, 7) is 2.79. The predicted octanol–water partition coefficient (Wildman–Crippen LogP) is 0.791. The van der Waals surface area contributed by atoms with E-state index in [1.54, 1.807) is 0 Å². The highest BCUT2D eigenvalue weighted by atomic mass is 14.9. The first-order chi connectivity index (χ1) is 5.92. The van der Waals surface area contributed by atoms with Crippen molar-refractivity contribution in [3.05, 3.63) is 34.9 Å². The lowest BCUT2D eigenvalue weighted by Crippen LogP contribution is -2.06. The van der Waals surface area contributed by atoms with E-state index in [1.807, 2.05) is 0 Å². The molecule has 3 N–H and O–H groups in total. The molecule has 12 heavy (non-hydrogen) atoms. The first-order valence-corrected chi connectivity index (χ1v) is 4.42. The van der Waals surface area contributed by atoms with Gasteiger partial charge in [0.05, 0.1) is 0 Å². The Morgan fingerprint density at radius 2 is 2.25 bits per heavy atom. The quantitative estimate of drug-likeness (QED) is 0.674. The average molecular weight is 162 g/mol. The van der Waals surface area contributed by atoms with Crippen molar-refractivity contribution in [1.29, 1.82) is 0 Å². The van der Waals surface area contributed by atoms with Crippen LogP contribution in [0.25, 0.3) is 0 Å². The monoisotopic (exact) mass is 162 g/mol. The third-order valence-electron chi connectivity index (χ3n) is 2.40. The summed E-state index contributed by atoms with van der Waals surface area (Å²) >= 11 is 0. The minimum absolute atomic E-state index is 0.746. The van der Waals surface area contributed by atoms with Crippen LogP contribution in [0, 0.1) is 0 Å². The third kappa shape index (κ3) is 1.24. The Morgan fingerprint density at radius 1 is 1.33 bits per heavy atom. The number of rotatable bonds is 2. The molecule has 0 fully saturated rings. The Morgan fingerprint density at radius 3 is 3.08 bits per heavy atom. The van der Waals surface area contributed by atoms with Crippen molar-refractivity contribution in [3.8, 4) is 0 Å². The molecule has 0 saturated heterocycles. The molecular formula is C10H14N2. The molecule has 0 spiro atoms. The molecule has 0 atom stereocenters. The lowest BCUT2D eigenvalue weighted by Gasteiger charge is -2.05. The second-order valence-corrected chi connectivity index (χ2v) is 3.20. The molecule has 0 unspecified atom stereocenters. The van der Waals surface area contributed by atoms with Gasteiger partial charge in [-0.15, -0.1) is 0 Å². The molecule has 2 heteroatoms. The summed E-state index contributed by atoms with van der Waals surface area (Å²) in [4.78, 5) is 0. The Balaban J connectivity index is 2.36. The van der Waals surface area contributed by atoms with E-state index in [4.69, 9.17) is 5.73 Å². The summed E-state index contributed by atoms with van der Waals surface area (Å²) in [5.74, 6) is 0. The van der Waals surface area contributed by atoms with Crippen LogP contribution in [0.2, 0.25) is 0 Å². The van der Waals surface area contributed by atoms with Crippen LogP contribution in [0.1, 0.15) is 16.7 Å². The number of benzene rings is 1. The van der Waals surface area contributed by atoms with Crippen molar-refractivity contribution in [2.45, 2.75) is 19.5 Å². The molecular weight excluding hydrogens is 148 g/mol. The van der Waals surface area contributed by atoms with E-state index in [0.29, 0.717) is 0 Å². The van der Waals surface area contributed by atoms with Crippen molar-refractivity contribution in [2.75, 3.05) is 6.54 Å². The maximum absolute atomic E-state index is 5.53. The average Bonchev–Trinajstić information content (AvgIpc) is 2.53. The van der Waals surface area contributed by atoms with Crippen molar-refractivity contribution in [1.82, 2.24) is 5.32 Å². The molecule has 1 aliphatic heterocycles. The van der Waals surface area contributed by atoms with E-state index in [0.717, 1.165) is 26.1 Å². The van der Waals surface area contributed by atoms with Gasteiger partial charge in [0.15, 0.2) is 0 Å². The topological polar surface area (TPSA) is 38.0 Å². The molecule has 0 aromatic heterocycles. The van der Waals surface area contributed by atoms with Gasteiger partial charge in [-0.1, -0.05) is 18.2 Å². The van der Waals surface area contributed by atoms with E-state index in [1.165, 1.54) is 16.7 Å². The van der Waals surface area contributed by atoms with Crippen molar-refractivity contribution < 1.29 is 0 Å². The van der Waals surface area contributed by atoms with Crippen LogP contribution in [-0.2, 0) is 19.5 Å². The van der Waals surface area contributed by atoms with Gasteiger partial charge in [0.2, 0.25) is 0 Å². The molecule has 0 saturated carbocycles. The minimum Gasteiger partial charge on any atom is -0.330 e. The Hall–Kier alpha value is -0.860. The van der Waals surface area contributed by atoms with E-state index < -0.39 is 0 Å². The molecule has 1 aromatic rings. The van der Waals surface area contributed by atoms with Crippen LogP contribution in [0.4, 0.5) is 0 Å². The Kier molecular flexibility index (Phi) is 2.11. The van der Waals surface area contributed by atoms with E-state index >= 15 is 0 Å². The van der Waals surface area contributed by atoms with Gasteiger partial charge in [-0.25, -0.2) is 0 Å². The van der Waals surface area contributed by atoms with Gasteiger partial charge in [0.1, 0.15) is 0 Å². The van der Waals surface area contributed by atoms with E-state index in [2.05, 4.69) is 23.5 Å². The highest BCUT2D eigenvalue weighted by molar-refractivity contribution is 5.37. The lowest BCUT2D eigenvalue weighted by atomic mass is 10.0. The van der Waals surface area contributed by atoms with Crippen molar-refractivity contribution in [2.24, 2.45) is 5.73 Å². The normalized spacial score (nSPS) is 14.8. The first kappa shape index (κ1) is 7.77. The molecule has 1 heterocycles. The number of nitrogens with one attached hydrogen (secondary N) is 1. The summed E-state index contributed by atoms with van der Waals surface area (Å²) in [6.07, 6.45) is 1.00. The van der Waals surface area contributed by atoms with Crippen LogP contribution in [0.5, 0.6) is 0 Å². The SMILES string of the molecule is NCCc1cccc2c1CNC2. The zero-order chi connectivity index (χ0) is 8.39. The summed E-state index contributed by atoms with van der Waals surface area (Å²) < 4.78 is 0. The summed E-state index contributed by atoms with van der Waals surface area (Å²) in [6, 6.07) is 6.49. The van der Waals surface area contributed by atoms with Crippen LogP contribution >= 0.6 is 0 Å². The maximum atomic E-state index is 5.53. The standard InChI is InChI=1S/C10H14N2/c11-5-4-8-2-1-3-9-6-12-7-10(8)9/h1-3,12H,4-7,11H2. The van der Waals surface area contributed by atoms with E-state index in [9.17, 15) is 0 Å². The van der Waals surface area contributed by atoms with Crippen LogP contribution in [0.3, 0.4) is 0 Å². The fraction of sp³-hybridized carbons (Fsp3) is 0.400. The fourth-order valence-corrected chi connectivity index (χ4v) is 1.79. The van der Waals surface area contributed by atoms with Crippen molar-refractivity contribution in [3.63, 3.8) is 0 Å². The van der Waals surface area contributed by atoms with Gasteiger partial charge in [0, 0.05) is 13.1 Å². The molecule has 2 rings (SSSR count). The summed E-state index contributed by atoms with van der Waals surface area (Å²) in [7, 11) is 0. The second kappa shape index (κ2) is 3.25. The number of nitrogens with two attached hydrogens (primary N) is 1. The molecule has 1 aliphatic rings. The van der Waals surface area contributed by atoms with Gasteiger partial charge in [0.25, 0.3) is 0 Å². The molecule has 0 aliphatic carbocycles. The maximum Gasteiger partial charge on any atom is 0.0214 e. The predicted molar refractivity (Wildman–Crippen MR) is 49.7 cm³/mol. The number of hydrogen-bond donors (Lipinski definition) is 2.